The molecule has 0 aliphatic rings. The van der Waals surface area contributed by atoms with Crippen LogP contribution < -0.4 is 10.5 Å². The fourth-order valence-corrected chi connectivity index (χ4v) is 1.43. The lowest BCUT2D eigenvalue weighted by atomic mass is 10.2. The quantitative estimate of drug-likeness (QED) is 0.736. The van der Waals surface area contributed by atoms with Crippen LogP contribution in [0.2, 0.25) is 0 Å². The summed E-state index contributed by atoms with van der Waals surface area (Å²) in [6.07, 6.45) is -0.109. The number of aliphatic carboxylic acids is 1. The lowest BCUT2D eigenvalue weighted by Crippen LogP contribution is -2.29. The van der Waals surface area contributed by atoms with Gasteiger partial charge in [0.1, 0.15) is 5.75 Å². The summed E-state index contributed by atoms with van der Waals surface area (Å²) in [4.78, 5) is 34.3. The van der Waals surface area contributed by atoms with Crippen molar-refractivity contribution in [3.8, 4) is 5.75 Å². The SMILES string of the molecule is CN(CCC(=O)O)C(=O)c1ccc(OCC(N)=O)cc1. The van der Waals surface area contributed by atoms with Gasteiger partial charge >= 0.3 is 5.97 Å². The maximum atomic E-state index is 12.0. The van der Waals surface area contributed by atoms with Crippen LogP contribution in [0.1, 0.15) is 16.8 Å². The van der Waals surface area contributed by atoms with E-state index >= 15 is 0 Å². The Kier molecular flexibility index (Phi) is 5.52. The van der Waals surface area contributed by atoms with E-state index in [0.29, 0.717) is 11.3 Å². The van der Waals surface area contributed by atoms with Gasteiger partial charge in [0.15, 0.2) is 6.61 Å². The summed E-state index contributed by atoms with van der Waals surface area (Å²) >= 11 is 0. The molecule has 1 aromatic carbocycles. The minimum absolute atomic E-state index is 0.109. The molecule has 0 saturated heterocycles. The van der Waals surface area contributed by atoms with Crippen LogP contribution in [0.15, 0.2) is 24.3 Å². The number of amides is 2. The van der Waals surface area contributed by atoms with Gasteiger partial charge in [-0.2, -0.15) is 0 Å². The van der Waals surface area contributed by atoms with Crippen molar-refractivity contribution in [3.05, 3.63) is 29.8 Å². The van der Waals surface area contributed by atoms with Crippen molar-refractivity contribution in [2.45, 2.75) is 6.42 Å². The fraction of sp³-hybridized carbons (Fsp3) is 0.308. The first-order chi connectivity index (χ1) is 9.40. The first-order valence-electron chi connectivity index (χ1n) is 5.88. The number of hydrogen-bond acceptors (Lipinski definition) is 4. The zero-order valence-electron chi connectivity index (χ0n) is 11.0. The van der Waals surface area contributed by atoms with Crippen LogP contribution in [0.5, 0.6) is 5.75 Å². The lowest BCUT2D eigenvalue weighted by molar-refractivity contribution is -0.137. The fourth-order valence-electron chi connectivity index (χ4n) is 1.43. The first-order valence-corrected chi connectivity index (χ1v) is 5.88. The zero-order valence-corrected chi connectivity index (χ0v) is 11.0. The molecule has 20 heavy (non-hydrogen) atoms. The van der Waals surface area contributed by atoms with Crippen molar-refractivity contribution in [1.29, 1.82) is 0 Å². The molecule has 7 nitrogen and oxygen atoms in total. The van der Waals surface area contributed by atoms with Crippen molar-refractivity contribution in [1.82, 2.24) is 4.90 Å². The molecule has 0 spiro atoms. The van der Waals surface area contributed by atoms with Crippen LogP contribution >= 0.6 is 0 Å². The predicted octanol–water partition coefficient (Wildman–Crippen LogP) is 0.0974. The second-order valence-electron chi connectivity index (χ2n) is 4.15. The van der Waals surface area contributed by atoms with Gasteiger partial charge in [0.25, 0.3) is 11.8 Å². The predicted molar refractivity (Wildman–Crippen MR) is 70.3 cm³/mol. The molecule has 0 heterocycles. The van der Waals surface area contributed by atoms with E-state index in [9.17, 15) is 14.4 Å². The standard InChI is InChI=1S/C13H16N2O5/c1-15(7-6-12(17)18)13(19)9-2-4-10(5-3-9)20-8-11(14)16/h2-5H,6-8H2,1H3,(H2,14,16)(H,17,18). The summed E-state index contributed by atoms with van der Waals surface area (Å²) in [7, 11) is 1.53. The Labute approximate surface area is 115 Å². The molecule has 2 amide bonds. The topological polar surface area (TPSA) is 110 Å². The van der Waals surface area contributed by atoms with Crippen LogP contribution in [-0.4, -0.2) is 48.0 Å². The van der Waals surface area contributed by atoms with Crippen molar-refractivity contribution in [3.63, 3.8) is 0 Å². The Morgan fingerprint density at radius 1 is 1.25 bits per heavy atom. The summed E-state index contributed by atoms with van der Waals surface area (Å²) in [5, 5.41) is 8.56. The smallest absolute Gasteiger partial charge is 0.305 e. The number of nitrogens with zero attached hydrogens (tertiary/aromatic N) is 1. The molecule has 7 heteroatoms. The van der Waals surface area contributed by atoms with Gasteiger partial charge in [0, 0.05) is 19.2 Å². The van der Waals surface area contributed by atoms with Crippen LogP contribution in [0, 0.1) is 0 Å². The first kappa shape index (κ1) is 15.5. The molecule has 0 bridgehead atoms. The maximum absolute atomic E-state index is 12.0. The highest BCUT2D eigenvalue weighted by Gasteiger charge is 2.12. The van der Waals surface area contributed by atoms with Gasteiger partial charge in [0.05, 0.1) is 6.42 Å². The number of primary amides is 1. The third-order valence-electron chi connectivity index (χ3n) is 2.49. The Balaban J connectivity index is 2.60. The van der Waals surface area contributed by atoms with Crippen LogP contribution in [-0.2, 0) is 9.59 Å². The molecule has 1 aromatic rings. The summed E-state index contributed by atoms with van der Waals surface area (Å²) < 4.78 is 5.06. The Morgan fingerprint density at radius 2 is 1.85 bits per heavy atom. The molecule has 0 saturated carbocycles. The maximum Gasteiger partial charge on any atom is 0.305 e. The average molecular weight is 280 g/mol. The van der Waals surface area contributed by atoms with Crippen molar-refractivity contribution in [2.75, 3.05) is 20.2 Å². The Bertz CT molecular complexity index is 498. The van der Waals surface area contributed by atoms with Crippen molar-refractivity contribution >= 4 is 17.8 Å². The van der Waals surface area contributed by atoms with E-state index in [1.54, 1.807) is 12.1 Å². The van der Waals surface area contributed by atoms with Gasteiger partial charge in [-0.25, -0.2) is 0 Å². The van der Waals surface area contributed by atoms with Gasteiger partial charge in [-0.1, -0.05) is 0 Å². The number of carbonyl (C=O) groups is 3. The third-order valence-corrected chi connectivity index (χ3v) is 2.49. The molecule has 1 rings (SSSR count). The molecule has 108 valence electrons. The van der Waals surface area contributed by atoms with Crippen molar-refractivity contribution in [2.24, 2.45) is 5.73 Å². The van der Waals surface area contributed by atoms with E-state index < -0.39 is 11.9 Å². The summed E-state index contributed by atoms with van der Waals surface area (Å²) in [6, 6.07) is 6.16. The van der Waals surface area contributed by atoms with E-state index in [1.807, 2.05) is 0 Å². The molecule has 0 atom stereocenters. The summed E-state index contributed by atoms with van der Waals surface area (Å²) in [5.41, 5.74) is 5.35. The second kappa shape index (κ2) is 7.13. The van der Waals surface area contributed by atoms with Crippen LogP contribution in [0.3, 0.4) is 0 Å². The number of carbonyl (C=O) groups excluding carboxylic acids is 2. The van der Waals surface area contributed by atoms with E-state index in [4.69, 9.17) is 15.6 Å². The lowest BCUT2D eigenvalue weighted by Gasteiger charge is -2.16. The molecule has 0 radical (unpaired) electrons. The van der Waals surface area contributed by atoms with Crippen molar-refractivity contribution < 1.29 is 24.2 Å². The zero-order chi connectivity index (χ0) is 15.1. The number of benzene rings is 1. The third kappa shape index (κ3) is 4.97. The molecule has 0 fully saturated rings. The molecule has 3 N–H and O–H groups in total. The number of hydrogen-bond donors (Lipinski definition) is 2. The van der Waals surface area contributed by atoms with Gasteiger partial charge in [-0.05, 0) is 24.3 Å². The number of nitrogens with two attached hydrogens (primary N) is 1. The van der Waals surface area contributed by atoms with Crippen LogP contribution in [0.4, 0.5) is 0 Å². The number of ether oxygens (including phenoxy) is 1. The number of carboxylic acids is 1. The van der Waals surface area contributed by atoms with Gasteiger partial charge in [0.2, 0.25) is 0 Å². The highest BCUT2D eigenvalue weighted by Crippen LogP contribution is 2.13. The number of carboxylic acid groups (broad SMARTS) is 1. The van der Waals surface area contributed by atoms with Crippen LogP contribution in [0.25, 0.3) is 0 Å². The summed E-state index contributed by atoms with van der Waals surface area (Å²) in [5.74, 6) is -1.40. The van der Waals surface area contributed by atoms with Gasteiger partial charge < -0.3 is 20.5 Å². The number of rotatable bonds is 7. The Hall–Kier alpha value is -2.57. The minimum atomic E-state index is -0.958. The largest absolute Gasteiger partial charge is 0.484 e. The van der Waals surface area contributed by atoms with E-state index in [2.05, 4.69) is 0 Å². The minimum Gasteiger partial charge on any atom is -0.484 e. The van der Waals surface area contributed by atoms with Gasteiger partial charge in [-0.3, -0.25) is 14.4 Å². The Morgan fingerprint density at radius 3 is 2.35 bits per heavy atom. The molecule has 0 aliphatic carbocycles. The monoisotopic (exact) mass is 280 g/mol. The molecule has 0 unspecified atom stereocenters. The molecule has 0 aromatic heterocycles. The second-order valence-corrected chi connectivity index (χ2v) is 4.15. The molecule has 0 aliphatic heterocycles. The normalized spacial score (nSPS) is 9.85. The average Bonchev–Trinajstić information content (AvgIpc) is 2.42. The highest BCUT2D eigenvalue weighted by molar-refractivity contribution is 5.94. The van der Waals surface area contributed by atoms with E-state index in [1.165, 1.54) is 24.1 Å². The highest BCUT2D eigenvalue weighted by atomic mass is 16.5. The van der Waals surface area contributed by atoms with Gasteiger partial charge in [-0.15, -0.1) is 0 Å². The van der Waals surface area contributed by atoms with E-state index in [0.717, 1.165) is 0 Å². The van der Waals surface area contributed by atoms with E-state index in [-0.39, 0.29) is 25.5 Å². The molecular formula is C13H16N2O5. The summed E-state index contributed by atoms with van der Waals surface area (Å²) in [6.45, 7) is -0.0973. The molecular weight excluding hydrogens is 264 g/mol.